The van der Waals surface area contributed by atoms with Crippen molar-refractivity contribution in [2.45, 2.75) is 6.92 Å². The lowest BCUT2D eigenvalue weighted by molar-refractivity contribution is 1.06. The van der Waals surface area contributed by atoms with Gasteiger partial charge in [0.05, 0.1) is 0 Å². The highest BCUT2D eigenvalue weighted by Crippen LogP contribution is 2.24. The van der Waals surface area contributed by atoms with Gasteiger partial charge in [0.2, 0.25) is 0 Å². The summed E-state index contributed by atoms with van der Waals surface area (Å²) >= 11 is 3.40. The first-order chi connectivity index (χ1) is 7.68. The third kappa shape index (κ3) is 2.22. The fraction of sp³-hybridized carbons (Fsp3) is 0.167. The highest BCUT2D eigenvalue weighted by atomic mass is 79.9. The fourth-order valence-electron chi connectivity index (χ4n) is 1.55. The van der Waals surface area contributed by atoms with Gasteiger partial charge in [-0.3, -0.25) is 0 Å². The Morgan fingerprint density at radius 3 is 2.69 bits per heavy atom. The van der Waals surface area contributed by atoms with Gasteiger partial charge in [-0.2, -0.15) is 0 Å². The van der Waals surface area contributed by atoms with E-state index in [0.717, 1.165) is 21.7 Å². The number of pyridine rings is 2. The maximum atomic E-state index is 4.39. The molecule has 2 aromatic rings. The number of aromatic nitrogens is 2. The van der Waals surface area contributed by atoms with E-state index in [1.807, 2.05) is 43.1 Å². The van der Waals surface area contributed by atoms with Crippen molar-refractivity contribution in [1.82, 2.24) is 9.97 Å². The molecule has 0 N–H and O–H groups in total. The number of hydrogen-bond acceptors (Lipinski definition) is 3. The molecule has 2 rings (SSSR count). The van der Waals surface area contributed by atoms with Crippen molar-refractivity contribution < 1.29 is 0 Å². The molecule has 2 heterocycles. The van der Waals surface area contributed by atoms with Gasteiger partial charge in [-0.25, -0.2) is 9.97 Å². The quantitative estimate of drug-likeness (QED) is 0.843. The lowest BCUT2D eigenvalue weighted by Crippen LogP contribution is -2.13. The van der Waals surface area contributed by atoms with Crippen LogP contribution in [0.25, 0.3) is 0 Å². The Kier molecular flexibility index (Phi) is 3.19. The van der Waals surface area contributed by atoms with Crippen molar-refractivity contribution in [2.75, 3.05) is 11.9 Å². The minimum atomic E-state index is 0.889. The van der Waals surface area contributed by atoms with Crippen LogP contribution >= 0.6 is 15.9 Å². The van der Waals surface area contributed by atoms with Crippen LogP contribution in [0.3, 0.4) is 0 Å². The molecule has 16 heavy (non-hydrogen) atoms. The molecule has 0 aromatic carbocycles. The first-order valence-electron chi connectivity index (χ1n) is 4.95. The largest absolute Gasteiger partial charge is 0.314 e. The van der Waals surface area contributed by atoms with Gasteiger partial charge in [0.15, 0.2) is 0 Å². The summed E-state index contributed by atoms with van der Waals surface area (Å²) in [4.78, 5) is 10.7. The van der Waals surface area contributed by atoms with Crippen molar-refractivity contribution >= 4 is 27.6 Å². The summed E-state index contributed by atoms with van der Waals surface area (Å²) in [6.45, 7) is 2.03. The van der Waals surface area contributed by atoms with Gasteiger partial charge >= 0.3 is 0 Å². The van der Waals surface area contributed by atoms with Crippen LogP contribution in [0, 0.1) is 6.92 Å². The highest BCUT2D eigenvalue weighted by Gasteiger charge is 2.08. The molecule has 0 aliphatic rings. The average molecular weight is 278 g/mol. The van der Waals surface area contributed by atoms with Crippen LogP contribution in [0.15, 0.2) is 41.1 Å². The Morgan fingerprint density at radius 1 is 1.25 bits per heavy atom. The lowest BCUT2D eigenvalue weighted by atomic mass is 10.3. The van der Waals surface area contributed by atoms with Gasteiger partial charge in [-0.05, 0) is 46.6 Å². The molecule has 4 heteroatoms. The van der Waals surface area contributed by atoms with Gasteiger partial charge in [0.25, 0.3) is 0 Å². The van der Waals surface area contributed by atoms with E-state index in [4.69, 9.17) is 0 Å². The zero-order valence-electron chi connectivity index (χ0n) is 9.18. The second-order valence-electron chi connectivity index (χ2n) is 3.54. The molecule has 0 unspecified atom stereocenters. The Balaban J connectivity index is 2.38. The van der Waals surface area contributed by atoms with Crippen LogP contribution in [0.1, 0.15) is 5.56 Å². The van der Waals surface area contributed by atoms with E-state index < -0.39 is 0 Å². The van der Waals surface area contributed by atoms with E-state index in [-0.39, 0.29) is 0 Å². The summed E-state index contributed by atoms with van der Waals surface area (Å²) in [6, 6.07) is 7.87. The van der Waals surface area contributed by atoms with Crippen LogP contribution in [0.5, 0.6) is 0 Å². The van der Waals surface area contributed by atoms with E-state index in [2.05, 4.69) is 25.9 Å². The molecule has 0 saturated heterocycles. The maximum Gasteiger partial charge on any atom is 0.136 e. The second kappa shape index (κ2) is 4.61. The smallest absolute Gasteiger partial charge is 0.136 e. The zero-order chi connectivity index (χ0) is 11.5. The molecular formula is C12H12BrN3. The first kappa shape index (κ1) is 11.1. The standard InChI is InChI=1S/C12H12BrN3/c1-9-7-10(13)8-15-12(9)16(2)11-5-3-4-6-14-11/h3-8H,1-2H3. The Labute approximate surface area is 103 Å². The fourth-order valence-corrected chi connectivity index (χ4v) is 1.99. The van der Waals surface area contributed by atoms with E-state index in [1.54, 1.807) is 12.4 Å². The van der Waals surface area contributed by atoms with Gasteiger partial charge in [-0.1, -0.05) is 6.07 Å². The molecular weight excluding hydrogens is 266 g/mol. The van der Waals surface area contributed by atoms with Gasteiger partial charge in [0, 0.05) is 23.9 Å². The van der Waals surface area contributed by atoms with Gasteiger partial charge < -0.3 is 4.90 Å². The molecule has 0 bridgehead atoms. The molecule has 0 atom stereocenters. The molecule has 3 nitrogen and oxygen atoms in total. The molecule has 0 radical (unpaired) electrons. The van der Waals surface area contributed by atoms with Crippen LogP contribution in [0.4, 0.5) is 11.6 Å². The van der Waals surface area contributed by atoms with Crippen LogP contribution in [-0.4, -0.2) is 17.0 Å². The second-order valence-corrected chi connectivity index (χ2v) is 4.46. The lowest BCUT2D eigenvalue weighted by Gasteiger charge is -2.18. The number of aryl methyl sites for hydroxylation is 1. The predicted molar refractivity (Wildman–Crippen MR) is 69.0 cm³/mol. The van der Waals surface area contributed by atoms with E-state index in [0.29, 0.717) is 0 Å². The number of anilines is 2. The monoisotopic (exact) mass is 277 g/mol. The minimum absolute atomic E-state index is 0.889. The SMILES string of the molecule is Cc1cc(Br)cnc1N(C)c1ccccn1. The highest BCUT2D eigenvalue weighted by molar-refractivity contribution is 9.10. The molecule has 0 saturated carbocycles. The number of hydrogen-bond donors (Lipinski definition) is 0. The van der Waals surface area contributed by atoms with Crippen molar-refractivity contribution in [1.29, 1.82) is 0 Å². The number of rotatable bonds is 2. The Hall–Kier alpha value is -1.42. The third-order valence-electron chi connectivity index (χ3n) is 2.33. The third-order valence-corrected chi connectivity index (χ3v) is 2.76. The molecule has 0 aliphatic carbocycles. The van der Waals surface area contributed by atoms with Crippen molar-refractivity contribution in [3.63, 3.8) is 0 Å². The van der Waals surface area contributed by atoms with E-state index >= 15 is 0 Å². The number of nitrogens with zero attached hydrogens (tertiary/aromatic N) is 3. The van der Waals surface area contributed by atoms with Gasteiger partial charge in [0.1, 0.15) is 11.6 Å². The Bertz CT molecular complexity index is 485. The molecule has 82 valence electrons. The van der Waals surface area contributed by atoms with Gasteiger partial charge in [-0.15, -0.1) is 0 Å². The van der Waals surface area contributed by atoms with E-state index in [9.17, 15) is 0 Å². The topological polar surface area (TPSA) is 29.0 Å². The molecule has 0 aliphatic heterocycles. The van der Waals surface area contributed by atoms with Crippen molar-refractivity contribution in [2.24, 2.45) is 0 Å². The zero-order valence-corrected chi connectivity index (χ0v) is 10.8. The summed E-state index contributed by atoms with van der Waals surface area (Å²) in [7, 11) is 1.96. The number of halogens is 1. The van der Waals surface area contributed by atoms with Crippen LogP contribution in [-0.2, 0) is 0 Å². The average Bonchev–Trinajstić information content (AvgIpc) is 2.29. The van der Waals surface area contributed by atoms with Crippen molar-refractivity contribution in [3.8, 4) is 0 Å². The Morgan fingerprint density at radius 2 is 2.06 bits per heavy atom. The predicted octanol–water partition coefficient (Wildman–Crippen LogP) is 3.32. The van der Waals surface area contributed by atoms with Crippen LogP contribution in [0.2, 0.25) is 0 Å². The van der Waals surface area contributed by atoms with Crippen molar-refractivity contribution in [3.05, 3.63) is 46.7 Å². The van der Waals surface area contributed by atoms with E-state index in [1.165, 1.54) is 0 Å². The minimum Gasteiger partial charge on any atom is -0.314 e. The normalized spacial score (nSPS) is 10.2. The first-order valence-corrected chi connectivity index (χ1v) is 5.74. The molecule has 2 aromatic heterocycles. The van der Waals surface area contributed by atoms with Crippen LogP contribution < -0.4 is 4.90 Å². The summed E-state index contributed by atoms with van der Waals surface area (Å²) in [5, 5.41) is 0. The molecule has 0 amide bonds. The molecule has 0 spiro atoms. The summed E-state index contributed by atoms with van der Waals surface area (Å²) in [5.74, 6) is 1.81. The maximum absolute atomic E-state index is 4.39. The molecule has 0 fully saturated rings. The summed E-state index contributed by atoms with van der Waals surface area (Å²) < 4.78 is 0.989. The summed E-state index contributed by atoms with van der Waals surface area (Å²) in [6.07, 6.45) is 3.57. The summed E-state index contributed by atoms with van der Waals surface area (Å²) in [5.41, 5.74) is 1.11.